The molecule has 0 saturated carbocycles. The normalized spacial score (nSPS) is 12.0. The Morgan fingerprint density at radius 2 is 1.81 bits per heavy atom. The number of nitrogens with zero attached hydrogens (tertiary/aromatic N) is 1. The fourth-order valence-electron chi connectivity index (χ4n) is 2.52. The molecule has 0 aliphatic rings. The second-order valence-electron chi connectivity index (χ2n) is 5.41. The van der Waals surface area contributed by atoms with E-state index in [2.05, 4.69) is 36.1 Å². The minimum atomic E-state index is -0.573. The zero-order valence-corrected chi connectivity index (χ0v) is 13.1. The van der Waals surface area contributed by atoms with Crippen LogP contribution < -0.4 is 9.64 Å². The van der Waals surface area contributed by atoms with Gasteiger partial charge < -0.3 is 14.7 Å². The van der Waals surface area contributed by atoms with Gasteiger partial charge in [0.15, 0.2) is 0 Å². The molecule has 2 rings (SSSR count). The van der Waals surface area contributed by atoms with Crippen LogP contribution in [0.4, 0.5) is 5.69 Å². The molecule has 2 aromatic rings. The number of benzene rings is 2. The Morgan fingerprint density at radius 1 is 1.14 bits per heavy atom. The number of aliphatic hydroxyl groups is 1. The van der Waals surface area contributed by atoms with Crippen LogP contribution in [0, 0.1) is 6.92 Å². The summed E-state index contributed by atoms with van der Waals surface area (Å²) in [6.45, 7) is 4.63. The predicted octanol–water partition coefficient (Wildman–Crippen LogP) is 3.69. The summed E-state index contributed by atoms with van der Waals surface area (Å²) in [6.07, 6.45) is -0.573. The van der Waals surface area contributed by atoms with Crippen molar-refractivity contribution in [2.24, 2.45) is 0 Å². The molecule has 112 valence electrons. The molecule has 0 spiro atoms. The SMILES string of the molecule is COc1cccc(N(C)Cc2ccc(C)cc2)c1[C@@H](C)O. The van der Waals surface area contributed by atoms with Gasteiger partial charge in [-0.2, -0.15) is 0 Å². The number of aliphatic hydroxyl groups excluding tert-OH is 1. The largest absolute Gasteiger partial charge is 0.496 e. The van der Waals surface area contributed by atoms with Crippen molar-refractivity contribution >= 4 is 5.69 Å². The van der Waals surface area contributed by atoms with Gasteiger partial charge in [-0.25, -0.2) is 0 Å². The van der Waals surface area contributed by atoms with Crippen LogP contribution in [-0.2, 0) is 6.54 Å². The van der Waals surface area contributed by atoms with Gasteiger partial charge >= 0.3 is 0 Å². The standard InChI is InChI=1S/C18H23NO2/c1-13-8-10-15(11-9-13)12-19(3)16-6-5-7-17(21-4)18(16)14(2)20/h5-11,14,20H,12H2,1-4H3/t14-/m1/s1. The lowest BCUT2D eigenvalue weighted by molar-refractivity contribution is 0.194. The van der Waals surface area contributed by atoms with Crippen LogP contribution in [0.15, 0.2) is 42.5 Å². The maximum Gasteiger partial charge on any atom is 0.126 e. The third-order valence-electron chi connectivity index (χ3n) is 3.63. The van der Waals surface area contributed by atoms with E-state index in [-0.39, 0.29) is 0 Å². The highest BCUT2D eigenvalue weighted by Gasteiger charge is 2.16. The smallest absolute Gasteiger partial charge is 0.126 e. The van der Waals surface area contributed by atoms with Crippen molar-refractivity contribution < 1.29 is 9.84 Å². The van der Waals surface area contributed by atoms with Gasteiger partial charge in [-0.05, 0) is 31.5 Å². The third-order valence-corrected chi connectivity index (χ3v) is 3.63. The highest BCUT2D eigenvalue weighted by molar-refractivity contribution is 5.60. The van der Waals surface area contributed by atoms with Gasteiger partial charge in [0.25, 0.3) is 0 Å². The first-order valence-electron chi connectivity index (χ1n) is 7.14. The van der Waals surface area contributed by atoms with Crippen LogP contribution >= 0.6 is 0 Å². The average Bonchev–Trinajstić information content (AvgIpc) is 2.48. The molecule has 1 N–H and O–H groups in total. The minimum absolute atomic E-state index is 0.573. The zero-order valence-electron chi connectivity index (χ0n) is 13.1. The fourth-order valence-corrected chi connectivity index (χ4v) is 2.52. The lowest BCUT2D eigenvalue weighted by Gasteiger charge is -2.25. The molecule has 0 amide bonds. The van der Waals surface area contributed by atoms with Gasteiger partial charge in [-0.1, -0.05) is 35.9 Å². The van der Waals surface area contributed by atoms with Crippen LogP contribution in [0.25, 0.3) is 0 Å². The number of rotatable bonds is 5. The number of ether oxygens (including phenoxy) is 1. The van der Waals surface area contributed by atoms with Crippen molar-refractivity contribution in [2.45, 2.75) is 26.5 Å². The summed E-state index contributed by atoms with van der Waals surface area (Å²) >= 11 is 0. The molecular weight excluding hydrogens is 262 g/mol. The Kier molecular flexibility index (Phi) is 4.86. The Labute approximate surface area is 126 Å². The summed E-state index contributed by atoms with van der Waals surface area (Å²) in [7, 11) is 3.66. The molecule has 2 aromatic carbocycles. The summed E-state index contributed by atoms with van der Waals surface area (Å²) < 4.78 is 5.38. The van der Waals surface area contributed by atoms with E-state index < -0.39 is 6.10 Å². The van der Waals surface area contributed by atoms with Crippen LogP contribution in [0.2, 0.25) is 0 Å². The highest BCUT2D eigenvalue weighted by atomic mass is 16.5. The van der Waals surface area contributed by atoms with Crippen molar-refractivity contribution in [1.29, 1.82) is 0 Å². The van der Waals surface area contributed by atoms with Crippen molar-refractivity contribution in [1.82, 2.24) is 0 Å². The average molecular weight is 285 g/mol. The van der Waals surface area contributed by atoms with Crippen LogP contribution in [0.3, 0.4) is 0 Å². The number of methoxy groups -OCH3 is 1. The van der Waals surface area contributed by atoms with Crippen LogP contribution in [0.1, 0.15) is 29.7 Å². The molecule has 0 aliphatic heterocycles. The molecule has 3 heteroatoms. The summed E-state index contributed by atoms with van der Waals surface area (Å²) in [5.41, 5.74) is 4.31. The lowest BCUT2D eigenvalue weighted by atomic mass is 10.1. The topological polar surface area (TPSA) is 32.7 Å². The molecular formula is C18H23NO2. The number of aryl methyl sites for hydroxylation is 1. The van der Waals surface area contributed by atoms with E-state index in [0.29, 0.717) is 0 Å². The molecule has 21 heavy (non-hydrogen) atoms. The number of anilines is 1. The van der Waals surface area contributed by atoms with Crippen LogP contribution in [0.5, 0.6) is 5.75 Å². The Balaban J connectivity index is 2.30. The number of hydrogen-bond donors (Lipinski definition) is 1. The molecule has 0 fully saturated rings. The molecule has 0 saturated heterocycles. The monoisotopic (exact) mass is 285 g/mol. The van der Waals surface area contributed by atoms with Crippen molar-refractivity contribution in [3.63, 3.8) is 0 Å². The Hall–Kier alpha value is -2.00. The molecule has 0 heterocycles. The first-order chi connectivity index (χ1) is 10.0. The molecule has 0 radical (unpaired) electrons. The molecule has 0 unspecified atom stereocenters. The maximum atomic E-state index is 10.1. The van der Waals surface area contributed by atoms with E-state index in [1.807, 2.05) is 25.2 Å². The molecule has 0 aromatic heterocycles. The summed E-state index contributed by atoms with van der Waals surface area (Å²) in [6, 6.07) is 14.3. The van der Waals surface area contributed by atoms with Gasteiger partial charge in [-0.15, -0.1) is 0 Å². The van der Waals surface area contributed by atoms with Gasteiger partial charge in [0.1, 0.15) is 5.75 Å². The molecule has 3 nitrogen and oxygen atoms in total. The van der Waals surface area contributed by atoms with Gasteiger partial charge in [0.2, 0.25) is 0 Å². The second kappa shape index (κ2) is 6.64. The van der Waals surface area contributed by atoms with E-state index in [0.717, 1.165) is 23.5 Å². The second-order valence-corrected chi connectivity index (χ2v) is 5.41. The summed E-state index contributed by atoms with van der Waals surface area (Å²) in [4.78, 5) is 2.13. The van der Waals surface area contributed by atoms with E-state index in [4.69, 9.17) is 4.74 Å². The highest BCUT2D eigenvalue weighted by Crippen LogP contribution is 2.34. The van der Waals surface area contributed by atoms with Crippen molar-refractivity contribution in [2.75, 3.05) is 19.1 Å². The zero-order chi connectivity index (χ0) is 15.4. The minimum Gasteiger partial charge on any atom is -0.496 e. The first kappa shape index (κ1) is 15.4. The first-order valence-corrected chi connectivity index (χ1v) is 7.14. The molecule has 0 aliphatic carbocycles. The molecule has 1 atom stereocenters. The van der Waals surface area contributed by atoms with Gasteiger partial charge in [-0.3, -0.25) is 0 Å². The van der Waals surface area contributed by atoms with Crippen molar-refractivity contribution in [3.8, 4) is 5.75 Å². The van der Waals surface area contributed by atoms with E-state index in [1.165, 1.54) is 11.1 Å². The predicted molar refractivity (Wildman–Crippen MR) is 86.9 cm³/mol. The lowest BCUT2D eigenvalue weighted by Crippen LogP contribution is -2.19. The number of hydrogen-bond acceptors (Lipinski definition) is 3. The molecule has 0 bridgehead atoms. The Morgan fingerprint density at radius 3 is 2.38 bits per heavy atom. The Bertz CT molecular complexity index is 591. The quantitative estimate of drug-likeness (QED) is 0.909. The maximum absolute atomic E-state index is 10.1. The third kappa shape index (κ3) is 3.56. The van der Waals surface area contributed by atoms with Gasteiger partial charge in [0, 0.05) is 24.8 Å². The van der Waals surface area contributed by atoms with Gasteiger partial charge in [0.05, 0.1) is 13.2 Å². The van der Waals surface area contributed by atoms with E-state index in [9.17, 15) is 5.11 Å². The summed E-state index contributed by atoms with van der Waals surface area (Å²) in [5, 5.41) is 10.1. The van der Waals surface area contributed by atoms with E-state index >= 15 is 0 Å². The van der Waals surface area contributed by atoms with E-state index in [1.54, 1.807) is 14.0 Å². The summed E-state index contributed by atoms with van der Waals surface area (Å²) in [5.74, 6) is 0.721. The van der Waals surface area contributed by atoms with Crippen LogP contribution in [-0.4, -0.2) is 19.3 Å². The van der Waals surface area contributed by atoms with Crippen molar-refractivity contribution in [3.05, 3.63) is 59.2 Å². The fraction of sp³-hybridized carbons (Fsp3) is 0.333.